The Hall–Kier alpha value is -1.91. The van der Waals surface area contributed by atoms with E-state index < -0.39 is 5.97 Å². The number of likely N-dealkylation sites (tertiary alicyclic amines) is 1. The molecule has 1 amide bonds. The van der Waals surface area contributed by atoms with Crippen LogP contribution in [-0.2, 0) is 4.79 Å². The number of hydrogen-bond acceptors (Lipinski definition) is 3. The smallest absolute Gasteiger partial charge is 0.303 e. The number of hydrogen-bond donors (Lipinski definition) is 1. The van der Waals surface area contributed by atoms with Gasteiger partial charge in [0.15, 0.2) is 0 Å². The summed E-state index contributed by atoms with van der Waals surface area (Å²) in [6, 6.07) is 3.52. The van der Waals surface area contributed by atoms with Crippen molar-refractivity contribution in [1.82, 2.24) is 9.88 Å². The maximum Gasteiger partial charge on any atom is 0.303 e. The monoisotopic (exact) mass is 276 g/mol. The van der Waals surface area contributed by atoms with Gasteiger partial charge >= 0.3 is 5.97 Å². The maximum absolute atomic E-state index is 12.4. The maximum atomic E-state index is 12.4. The summed E-state index contributed by atoms with van der Waals surface area (Å²) in [5, 5.41) is 8.88. The number of carboxylic acid groups (broad SMARTS) is 1. The van der Waals surface area contributed by atoms with Crippen molar-refractivity contribution in [3.05, 3.63) is 30.1 Å². The Bertz CT molecular complexity index is 475. The van der Waals surface area contributed by atoms with E-state index in [-0.39, 0.29) is 24.2 Å². The van der Waals surface area contributed by atoms with E-state index in [0.717, 1.165) is 19.4 Å². The molecule has 0 aliphatic carbocycles. The van der Waals surface area contributed by atoms with Crippen LogP contribution < -0.4 is 0 Å². The van der Waals surface area contributed by atoms with E-state index in [1.807, 2.05) is 11.8 Å². The fourth-order valence-corrected chi connectivity index (χ4v) is 2.77. The Balaban J connectivity index is 2.00. The molecule has 1 aromatic rings. The zero-order valence-corrected chi connectivity index (χ0v) is 11.7. The van der Waals surface area contributed by atoms with Crippen molar-refractivity contribution in [1.29, 1.82) is 0 Å². The van der Waals surface area contributed by atoms with Crippen LogP contribution in [0.1, 0.15) is 36.5 Å². The Kier molecular flexibility index (Phi) is 4.71. The van der Waals surface area contributed by atoms with Crippen LogP contribution in [0.5, 0.6) is 0 Å². The third-order valence-electron chi connectivity index (χ3n) is 3.95. The predicted octanol–water partition coefficient (Wildman–Crippen LogP) is 2.04. The Morgan fingerprint density at radius 1 is 1.55 bits per heavy atom. The number of pyridine rings is 1. The van der Waals surface area contributed by atoms with Crippen LogP contribution >= 0.6 is 0 Å². The first-order chi connectivity index (χ1) is 9.58. The second-order valence-corrected chi connectivity index (χ2v) is 5.47. The average molecular weight is 276 g/mol. The van der Waals surface area contributed by atoms with Crippen molar-refractivity contribution in [2.24, 2.45) is 11.8 Å². The lowest BCUT2D eigenvalue weighted by Crippen LogP contribution is -2.42. The van der Waals surface area contributed by atoms with Gasteiger partial charge in [-0.3, -0.25) is 14.6 Å². The summed E-state index contributed by atoms with van der Waals surface area (Å²) < 4.78 is 0. The van der Waals surface area contributed by atoms with Crippen molar-refractivity contribution in [2.75, 3.05) is 13.1 Å². The molecule has 5 nitrogen and oxygen atoms in total. The molecule has 2 rings (SSSR count). The van der Waals surface area contributed by atoms with Crippen LogP contribution in [0.3, 0.4) is 0 Å². The first-order valence-electron chi connectivity index (χ1n) is 6.99. The third-order valence-corrected chi connectivity index (χ3v) is 3.95. The molecule has 5 heteroatoms. The highest BCUT2D eigenvalue weighted by Crippen LogP contribution is 2.26. The molecule has 1 aliphatic rings. The molecule has 20 heavy (non-hydrogen) atoms. The molecule has 1 aromatic heterocycles. The van der Waals surface area contributed by atoms with E-state index in [1.54, 1.807) is 24.5 Å². The fourth-order valence-electron chi connectivity index (χ4n) is 2.77. The summed E-state index contributed by atoms with van der Waals surface area (Å²) in [4.78, 5) is 29.0. The quantitative estimate of drug-likeness (QED) is 0.913. The van der Waals surface area contributed by atoms with Gasteiger partial charge in [0, 0.05) is 31.9 Å². The predicted molar refractivity (Wildman–Crippen MR) is 74.3 cm³/mol. The number of piperidine rings is 1. The van der Waals surface area contributed by atoms with E-state index in [9.17, 15) is 9.59 Å². The van der Waals surface area contributed by atoms with Gasteiger partial charge in [-0.05, 0) is 36.8 Å². The SMILES string of the molecule is CC(CC(=O)O)C1CCCN(C(=O)c2cccnc2)C1. The van der Waals surface area contributed by atoms with Gasteiger partial charge in [0.1, 0.15) is 0 Å². The van der Waals surface area contributed by atoms with E-state index in [2.05, 4.69) is 4.98 Å². The minimum absolute atomic E-state index is 0.00896. The average Bonchev–Trinajstić information content (AvgIpc) is 2.47. The number of aromatic nitrogens is 1. The van der Waals surface area contributed by atoms with Crippen LogP contribution in [0, 0.1) is 11.8 Å². The van der Waals surface area contributed by atoms with E-state index in [0.29, 0.717) is 12.1 Å². The molecule has 0 spiro atoms. The Morgan fingerprint density at radius 2 is 2.35 bits per heavy atom. The lowest BCUT2D eigenvalue weighted by molar-refractivity contribution is -0.138. The van der Waals surface area contributed by atoms with Crippen molar-refractivity contribution in [3.63, 3.8) is 0 Å². The third kappa shape index (κ3) is 3.56. The molecule has 108 valence electrons. The first kappa shape index (κ1) is 14.5. The number of rotatable bonds is 4. The van der Waals surface area contributed by atoms with Crippen LogP contribution in [0.4, 0.5) is 0 Å². The standard InChI is InChI=1S/C15H20N2O3/c1-11(8-14(18)19)13-5-3-7-17(10-13)15(20)12-4-2-6-16-9-12/h2,4,6,9,11,13H,3,5,7-8,10H2,1H3,(H,18,19). The second-order valence-electron chi connectivity index (χ2n) is 5.47. The molecule has 2 atom stereocenters. The van der Waals surface area contributed by atoms with Crippen molar-refractivity contribution < 1.29 is 14.7 Å². The molecule has 0 bridgehead atoms. The summed E-state index contributed by atoms with van der Waals surface area (Å²) in [6.07, 6.45) is 5.31. The van der Waals surface area contributed by atoms with Gasteiger partial charge in [-0.2, -0.15) is 0 Å². The Morgan fingerprint density at radius 3 is 3.00 bits per heavy atom. The normalized spacial score (nSPS) is 20.4. The minimum atomic E-state index is -0.770. The lowest BCUT2D eigenvalue weighted by atomic mass is 9.84. The lowest BCUT2D eigenvalue weighted by Gasteiger charge is -2.35. The van der Waals surface area contributed by atoms with Crippen molar-refractivity contribution >= 4 is 11.9 Å². The fraction of sp³-hybridized carbons (Fsp3) is 0.533. The summed E-state index contributed by atoms with van der Waals surface area (Å²) in [5.74, 6) is -0.420. The van der Waals surface area contributed by atoms with Crippen molar-refractivity contribution in [2.45, 2.75) is 26.2 Å². The number of carbonyl (C=O) groups excluding carboxylic acids is 1. The Labute approximate surface area is 118 Å². The second kappa shape index (κ2) is 6.50. The van der Waals surface area contributed by atoms with Gasteiger partial charge in [0.05, 0.1) is 5.56 Å². The molecule has 2 unspecified atom stereocenters. The highest BCUT2D eigenvalue weighted by atomic mass is 16.4. The molecule has 0 radical (unpaired) electrons. The topological polar surface area (TPSA) is 70.5 Å². The van der Waals surface area contributed by atoms with Crippen LogP contribution in [-0.4, -0.2) is 40.0 Å². The van der Waals surface area contributed by atoms with Crippen LogP contribution in [0.15, 0.2) is 24.5 Å². The number of carboxylic acids is 1. The molecule has 1 fully saturated rings. The number of aliphatic carboxylic acids is 1. The van der Waals surface area contributed by atoms with E-state index in [1.165, 1.54) is 0 Å². The number of nitrogens with zero attached hydrogens (tertiary/aromatic N) is 2. The van der Waals surface area contributed by atoms with Gasteiger partial charge in [-0.25, -0.2) is 0 Å². The molecular weight excluding hydrogens is 256 g/mol. The molecule has 1 N–H and O–H groups in total. The highest BCUT2D eigenvalue weighted by molar-refractivity contribution is 5.93. The van der Waals surface area contributed by atoms with Gasteiger partial charge < -0.3 is 10.0 Å². The van der Waals surface area contributed by atoms with Gasteiger partial charge in [-0.15, -0.1) is 0 Å². The van der Waals surface area contributed by atoms with Gasteiger partial charge in [0.2, 0.25) is 0 Å². The van der Waals surface area contributed by atoms with E-state index >= 15 is 0 Å². The molecular formula is C15H20N2O3. The highest BCUT2D eigenvalue weighted by Gasteiger charge is 2.28. The van der Waals surface area contributed by atoms with Gasteiger partial charge in [0.25, 0.3) is 5.91 Å². The molecule has 2 heterocycles. The van der Waals surface area contributed by atoms with E-state index in [4.69, 9.17) is 5.11 Å². The molecule has 1 saturated heterocycles. The summed E-state index contributed by atoms with van der Waals surface area (Å²) in [6.45, 7) is 3.34. The number of carbonyl (C=O) groups is 2. The molecule has 0 aromatic carbocycles. The number of amides is 1. The summed E-state index contributed by atoms with van der Waals surface area (Å²) in [7, 11) is 0. The minimum Gasteiger partial charge on any atom is -0.481 e. The summed E-state index contributed by atoms with van der Waals surface area (Å²) >= 11 is 0. The zero-order chi connectivity index (χ0) is 14.5. The van der Waals surface area contributed by atoms with Gasteiger partial charge in [-0.1, -0.05) is 6.92 Å². The zero-order valence-electron chi connectivity index (χ0n) is 11.7. The van der Waals surface area contributed by atoms with Crippen LogP contribution in [0.2, 0.25) is 0 Å². The first-order valence-corrected chi connectivity index (χ1v) is 6.99. The molecule has 0 saturated carbocycles. The molecule has 1 aliphatic heterocycles. The summed E-state index contributed by atoms with van der Waals surface area (Å²) in [5.41, 5.74) is 0.596. The largest absolute Gasteiger partial charge is 0.481 e. The van der Waals surface area contributed by atoms with Crippen molar-refractivity contribution in [3.8, 4) is 0 Å². The van der Waals surface area contributed by atoms with Crippen LogP contribution in [0.25, 0.3) is 0 Å².